The lowest BCUT2D eigenvalue weighted by atomic mass is 10.1. The number of halogens is 2. The van der Waals surface area contributed by atoms with Gasteiger partial charge in [-0.3, -0.25) is 0 Å². The van der Waals surface area contributed by atoms with Crippen molar-refractivity contribution in [2.45, 2.75) is 20.0 Å². The van der Waals surface area contributed by atoms with E-state index in [-0.39, 0.29) is 5.75 Å². The van der Waals surface area contributed by atoms with Crippen LogP contribution in [0.15, 0.2) is 36.4 Å². The van der Waals surface area contributed by atoms with Gasteiger partial charge in [0.05, 0.1) is 11.1 Å². The number of benzene rings is 2. The van der Waals surface area contributed by atoms with E-state index in [9.17, 15) is 9.50 Å². The molecule has 0 amide bonds. The van der Waals surface area contributed by atoms with E-state index < -0.39 is 11.9 Å². The molecule has 0 bridgehead atoms. The maximum atomic E-state index is 13.8. The molecule has 0 spiro atoms. The van der Waals surface area contributed by atoms with Gasteiger partial charge in [-0.25, -0.2) is 4.39 Å². The van der Waals surface area contributed by atoms with E-state index in [4.69, 9.17) is 16.3 Å². The fourth-order valence-electron chi connectivity index (χ4n) is 1.68. The van der Waals surface area contributed by atoms with Gasteiger partial charge >= 0.3 is 0 Å². The van der Waals surface area contributed by atoms with Crippen LogP contribution < -0.4 is 4.74 Å². The molecule has 2 aromatic carbocycles. The van der Waals surface area contributed by atoms with Gasteiger partial charge in [0, 0.05) is 0 Å². The van der Waals surface area contributed by atoms with Gasteiger partial charge in [-0.2, -0.15) is 0 Å². The highest BCUT2D eigenvalue weighted by Crippen LogP contribution is 2.33. The minimum atomic E-state index is -0.609. The zero-order valence-corrected chi connectivity index (χ0v) is 11.4. The largest absolute Gasteiger partial charge is 0.453 e. The number of ether oxygens (including phenoxy) is 1. The summed E-state index contributed by atoms with van der Waals surface area (Å²) >= 11 is 6.06. The maximum Gasteiger partial charge on any atom is 0.168 e. The SMILES string of the molecule is Cc1cccc(Oc2ccc([C@@H](C)O)cc2Cl)c1F. The second-order valence-corrected chi connectivity index (χ2v) is 4.76. The van der Waals surface area contributed by atoms with Gasteiger partial charge in [-0.1, -0.05) is 29.8 Å². The van der Waals surface area contributed by atoms with Crippen LogP contribution in [0.4, 0.5) is 4.39 Å². The predicted molar refractivity (Wildman–Crippen MR) is 73.3 cm³/mol. The molecule has 0 fully saturated rings. The molecule has 0 aliphatic carbocycles. The highest BCUT2D eigenvalue weighted by Gasteiger charge is 2.11. The summed E-state index contributed by atoms with van der Waals surface area (Å²) < 4.78 is 19.3. The molecule has 0 saturated heterocycles. The van der Waals surface area contributed by atoms with Gasteiger partial charge in [-0.05, 0) is 43.2 Å². The van der Waals surface area contributed by atoms with Gasteiger partial charge in [0.1, 0.15) is 5.75 Å². The van der Waals surface area contributed by atoms with Gasteiger partial charge in [0.25, 0.3) is 0 Å². The lowest BCUT2D eigenvalue weighted by Gasteiger charge is -2.11. The minimum absolute atomic E-state index is 0.131. The lowest BCUT2D eigenvalue weighted by Crippen LogP contribution is -1.94. The molecule has 0 saturated carbocycles. The van der Waals surface area contributed by atoms with E-state index in [0.717, 1.165) is 0 Å². The van der Waals surface area contributed by atoms with E-state index in [0.29, 0.717) is 21.9 Å². The Morgan fingerprint density at radius 1 is 1.21 bits per heavy atom. The molecule has 2 aromatic rings. The van der Waals surface area contributed by atoms with E-state index in [1.165, 1.54) is 0 Å². The van der Waals surface area contributed by atoms with Crippen molar-refractivity contribution in [2.75, 3.05) is 0 Å². The van der Waals surface area contributed by atoms with Crippen molar-refractivity contribution >= 4 is 11.6 Å². The Balaban J connectivity index is 2.31. The second-order valence-electron chi connectivity index (χ2n) is 4.35. The van der Waals surface area contributed by atoms with Gasteiger partial charge in [0.2, 0.25) is 0 Å². The number of hydrogen-bond acceptors (Lipinski definition) is 2. The predicted octanol–water partition coefficient (Wildman–Crippen LogP) is 4.63. The molecule has 100 valence electrons. The van der Waals surface area contributed by atoms with E-state index >= 15 is 0 Å². The summed E-state index contributed by atoms with van der Waals surface area (Å²) in [4.78, 5) is 0. The lowest BCUT2D eigenvalue weighted by molar-refractivity contribution is 0.199. The molecular weight excluding hydrogens is 267 g/mol. The Morgan fingerprint density at radius 2 is 1.95 bits per heavy atom. The molecular formula is C15H14ClFO2. The quantitative estimate of drug-likeness (QED) is 0.888. The summed E-state index contributed by atoms with van der Waals surface area (Å²) in [5.74, 6) is 0.0837. The summed E-state index contributed by atoms with van der Waals surface area (Å²) in [7, 11) is 0. The van der Waals surface area contributed by atoms with E-state index in [1.54, 1.807) is 50.2 Å². The Hall–Kier alpha value is -1.58. The number of hydrogen-bond donors (Lipinski definition) is 1. The Labute approximate surface area is 116 Å². The molecule has 19 heavy (non-hydrogen) atoms. The van der Waals surface area contributed by atoms with Crippen LogP contribution in [0.3, 0.4) is 0 Å². The smallest absolute Gasteiger partial charge is 0.168 e. The first-order valence-corrected chi connectivity index (χ1v) is 6.27. The van der Waals surface area contributed by atoms with Gasteiger partial charge < -0.3 is 9.84 Å². The van der Waals surface area contributed by atoms with Crippen LogP contribution in [-0.2, 0) is 0 Å². The Kier molecular flexibility index (Phi) is 4.08. The first-order chi connectivity index (χ1) is 8.99. The van der Waals surface area contributed by atoms with Crippen molar-refractivity contribution < 1.29 is 14.2 Å². The van der Waals surface area contributed by atoms with Crippen molar-refractivity contribution in [3.63, 3.8) is 0 Å². The number of rotatable bonds is 3. The summed E-state index contributed by atoms with van der Waals surface area (Å²) in [5, 5.41) is 9.78. The topological polar surface area (TPSA) is 29.5 Å². The van der Waals surface area contributed by atoms with Crippen molar-refractivity contribution in [3.05, 3.63) is 58.4 Å². The highest BCUT2D eigenvalue weighted by atomic mass is 35.5. The molecule has 0 aliphatic heterocycles. The normalized spacial score (nSPS) is 12.3. The average molecular weight is 281 g/mol. The first-order valence-electron chi connectivity index (χ1n) is 5.89. The summed E-state index contributed by atoms with van der Waals surface area (Å²) in [5.41, 5.74) is 1.19. The summed E-state index contributed by atoms with van der Waals surface area (Å²) in [6.07, 6.45) is -0.609. The summed E-state index contributed by atoms with van der Waals surface area (Å²) in [6, 6.07) is 9.84. The molecule has 4 heteroatoms. The van der Waals surface area contributed by atoms with Crippen LogP contribution in [0.1, 0.15) is 24.2 Å². The zero-order chi connectivity index (χ0) is 14.0. The molecule has 2 rings (SSSR count). The van der Waals surface area contributed by atoms with Crippen molar-refractivity contribution in [1.82, 2.24) is 0 Å². The third-order valence-corrected chi connectivity index (χ3v) is 3.11. The number of aliphatic hydroxyl groups is 1. The molecule has 0 heterocycles. The van der Waals surface area contributed by atoms with E-state index in [2.05, 4.69) is 0 Å². The minimum Gasteiger partial charge on any atom is -0.453 e. The Bertz CT molecular complexity index is 597. The fraction of sp³-hybridized carbons (Fsp3) is 0.200. The molecule has 0 aliphatic rings. The standard InChI is InChI=1S/C15H14ClFO2/c1-9-4-3-5-14(15(9)17)19-13-7-6-11(10(2)18)8-12(13)16/h3-8,10,18H,1-2H3/t10-/m1/s1. The van der Waals surface area contributed by atoms with Crippen molar-refractivity contribution in [1.29, 1.82) is 0 Å². The maximum absolute atomic E-state index is 13.8. The van der Waals surface area contributed by atoms with Gasteiger partial charge in [0.15, 0.2) is 11.6 Å². The monoisotopic (exact) mass is 280 g/mol. The second kappa shape index (κ2) is 5.59. The first kappa shape index (κ1) is 13.8. The van der Waals surface area contributed by atoms with Crippen molar-refractivity contribution in [3.8, 4) is 11.5 Å². The molecule has 2 nitrogen and oxygen atoms in total. The number of aryl methyl sites for hydroxylation is 1. The van der Waals surface area contributed by atoms with Crippen LogP contribution in [0.5, 0.6) is 11.5 Å². The summed E-state index contributed by atoms with van der Waals surface area (Å²) in [6.45, 7) is 3.31. The number of aliphatic hydroxyl groups excluding tert-OH is 1. The van der Waals surface area contributed by atoms with Crippen molar-refractivity contribution in [2.24, 2.45) is 0 Å². The third-order valence-electron chi connectivity index (χ3n) is 2.81. The highest BCUT2D eigenvalue weighted by molar-refractivity contribution is 6.32. The molecule has 0 radical (unpaired) electrons. The van der Waals surface area contributed by atoms with Crippen LogP contribution in [0.2, 0.25) is 5.02 Å². The Morgan fingerprint density at radius 3 is 2.58 bits per heavy atom. The van der Waals surface area contributed by atoms with Crippen LogP contribution in [0, 0.1) is 12.7 Å². The van der Waals surface area contributed by atoms with Crippen LogP contribution in [0.25, 0.3) is 0 Å². The van der Waals surface area contributed by atoms with Crippen LogP contribution >= 0.6 is 11.6 Å². The molecule has 1 atom stereocenters. The molecule has 1 N–H and O–H groups in total. The third kappa shape index (κ3) is 3.06. The molecule has 0 unspecified atom stereocenters. The van der Waals surface area contributed by atoms with E-state index in [1.807, 2.05) is 0 Å². The van der Waals surface area contributed by atoms with Gasteiger partial charge in [-0.15, -0.1) is 0 Å². The van der Waals surface area contributed by atoms with Crippen LogP contribution in [-0.4, -0.2) is 5.11 Å². The molecule has 0 aromatic heterocycles. The zero-order valence-electron chi connectivity index (χ0n) is 10.7. The average Bonchev–Trinajstić information content (AvgIpc) is 2.37. The fourth-order valence-corrected chi connectivity index (χ4v) is 1.91.